The van der Waals surface area contributed by atoms with Crippen LogP contribution in [0.1, 0.15) is 370 Å². The molecule has 0 fully saturated rings. The lowest BCUT2D eigenvalue weighted by Crippen LogP contribution is -2.27. The first-order chi connectivity index (χ1) is 35.4. The zero-order valence-corrected chi connectivity index (χ0v) is 47.5. The number of carboxylic acids is 1. The molecule has 8 nitrogen and oxygen atoms in total. The van der Waals surface area contributed by atoms with E-state index in [4.69, 9.17) is 14.2 Å². The summed E-state index contributed by atoms with van der Waals surface area (Å²) in [4.78, 5) is 52.9. The summed E-state index contributed by atoms with van der Waals surface area (Å²) >= 11 is 0. The van der Waals surface area contributed by atoms with Crippen LogP contribution in [0.5, 0.6) is 0 Å². The first-order valence-corrected chi connectivity index (χ1v) is 31.3. The number of esters is 3. The molecule has 0 aliphatic heterocycles. The van der Waals surface area contributed by atoms with Crippen molar-refractivity contribution in [1.82, 2.24) is 0 Å². The summed E-state index contributed by atoms with van der Waals surface area (Å²) in [5.74, 6) is -4.11. The molecule has 8 heteroatoms. The molecular formula is C64H113O8-. The Hall–Kier alpha value is -2.90. The molecule has 1 rings (SSSR count). The molecule has 0 amide bonds. The van der Waals surface area contributed by atoms with Gasteiger partial charge in [0.05, 0.1) is 42.5 Å². The monoisotopic (exact) mass is 1010 g/mol. The van der Waals surface area contributed by atoms with Gasteiger partial charge in [0.1, 0.15) is 0 Å². The molecule has 418 valence electrons. The van der Waals surface area contributed by atoms with Gasteiger partial charge < -0.3 is 24.1 Å². The Kier molecular flexibility index (Phi) is 48.1. The van der Waals surface area contributed by atoms with Crippen molar-refractivity contribution in [1.29, 1.82) is 0 Å². The fourth-order valence-electron chi connectivity index (χ4n) is 9.95. The van der Waals surface area contributed by atoms with Crippen LogP contribution in [0, 0.1) is 0 Å². The Morgan fingerprint density at radius 3 is 0.597 bits per heavy atom. The second kappa shape index (κ2) is 51.6. The third-order valence-electron chi connectivity index (χ3n) is 14.7. The highest BCUT2D eigenvalue weighted by molar-refractivity contribution is 6.09. The van der Waals surface area contributed by atoms with Crippen LogP contribution >= 0.6 is 0 Å². The van der Waals surface area contributed by atoms with Gasteiger partial charge in [-0.1, -0.05) is 310 Å². The number of hydrogen-bond acceptors (Lipinski definition) is 8. The molecule has 0 aliphatic carbocycles. The van der Waals surface area contributed by atoms with E-state index in [0.29, 0.717) is 19.3 Å². The van der Waals surface area contributed by atoms with Gasteiger partial charge in [-0.2, -0.15) is 0 Å². The van der Waals surface area contributed by atoms with Crippen LogP contribution in [0.3, 0.4) is 0 Å². The summed E-state index contributed by atoms with van der Waals surface area (Å²) < 4.78 is 16.8. The van der Waals surface area contributed by atoms with Gasteiger partial charge in [-0.25, -0.2) is 14.4 Å². The summed E-state index contributed by atoms with van der Waals surface area (Å²) in [6.07, 6.45) is 59.2. The Labute approximate surface area is 443 Å². The maximum atomic E-state index is 13.6. The highest BCUT2D eigenvalue weighted by Gasteiger charge is 2.26. The van der Waals surface area contributed by atoms with Gasteiger partial charge in [0.2, 0.25) is 0 Å². The lowest BCUT2D eigenvalue weighted by molar-refractivity contribution is -0.255. The lowest BCUT2D eigenvalue weighted by atomic mass is 9.98. The van der Waals surface area contributed by atoms with Crippen LogP contribution in [0.25, 0.3) is 0 Å². The number of rotatable bonds is 55. The first kappa shape index (κ1) is 67.1. The van der Waals surface area contributed by atoms with Crippen LogP contribution in [-0.2, 0) is 14.2 Å². The van der Waals surface area contributed by atoms with E-state index in [2.05, 4.69) is 20.8 Å². The molecule has 0 aliphatic rings. The van der Waals surface area contributed by atoms with E-state index in [1.807, 2.05) is 0 Å². The predicted molar refractivity (Wildman–Crippen MR) is 300 cm³/mol. The van der Waals surface area contributed by atoms with Gasteiger partial charge in [0, 0.05) is 5.56 Å². The largest absolute Gasteiger partial charge is 0.545 e. The van der Waals surface area contributed by atoms with Crippen molar-refractivity contribution in [2.75, 3.05) is 19.8 Å². The maximum absolute atomic E-state index is 13.6. The third kappa shape index (κ3) is 39.5. The normalized spacial score (nSPS) is 11.3. The van der Waals surface area contributed by atoms with Crippen molar-refractivity contribution < 1.29 is 38.5 Å². The summed E-state index contributed by atoms with van der Waals surface area (Å²) in [5, 5.41) is 12.4. The minimum absolute atomic E-state index is 0.131. The number of benzene rings is 1. The maximum Gasteiger partial charge on any atom is 0.339 e. The SMILES string of the molecule is CCCCCCCCCCCCCCCCCCOC(=O)c1cc(C(=O)OCCCCCCCCCCCCCCCCCC)c(C(=O)OCCCCCCCCCCCCCCCCCC)cc1C(=O)[O-]. The van der Waals surface area contributed by atoms with Crippen LogP contribution in [0.2, 0.25) is 0 Å². The quantitative estimate of drug-likeness (QED) is 0.0360. The molecular weight excluding hydrogens is 897 g/mol. The molecule has 0 atom stereocenters. The highest BCUT2D eigenvalue weighted by Crippen LogP contribution is 2.23. The molecule has 72 heavy (non-hydrogen) atoms. The molecule has 0 spiro atoms. The molecule has 0 radical (unpaired) electrons. The van der Waals surface area contributed by atoms with Crippen molar-refractivity contribution in [3.63, 3.8) is 0 Å². The van der Waals surface area contributed by atoms with E-state index in [0.717, 1.165) is 69.9 Å². The van der Waals surface area contributed by atoms with Crippen molar-refractivity contribution in [3.05, 3.63) is 34.4 Å². The topological polar surface area (TPSA) is 119 Å². The van der Waals surface area contributed by atoms with Gasteiger partial charge in [0.25, 0.3) is 0 Å². The van der Waals surface area contributed by atoms with E-state index >= 15 is 0 Å². The smallest absolute Gasteiger partial charge is 0.339 e. The molecule has 0 N–H and O–H groups in total. The first-order valence-electron chi connectivity index (χ1n) is 31.3. The molecule has 0 saturated carbocycles. The minimum atomic E-state index is -1.63. The van der Waals surface area contributed by atoms with Gasteiger partial charge in [-0.15, -0.1) is 0 Å². The van der Waals surface area contributed by atoms with Gasteiger partial charge in [0.15, 0.2) is 0 Å². The molecule has 0 unspecified atom stereocenters. The summed E-state index contributed by atoms with van der Waals surface area (Å²) in [6, 6.07) is 2.16. The van der Waals surface area contributed by atoms with E-state index in [9.17, 15) is 24.3 Å². The van der Waals surface area contributed by atoms with E-state index in [1.54, 1.807) is 0 Å². The number of carbonyl (C=O) groups excluding carboxylic acids is 4. The van der Waals surface area contributed by atoms with Crippen molar-refractivity contribution in [2.24, 2.45) is 0 Å². The summed E-state index contributed by atoms with van der Waals surface area (Å²) in [7, 11) is 0. The third-order valence-corrected chi connectivity index (χ3v) is 14.7. The minimum Gasteiger partial charge on any atom is -0.545 e. The lowest BCUT2D eigenvalue weighted by Gasteiger charge is -2.16. The number of unbranched alkanes of at least 4 members (excludes halogenated alkanes) is 45. The standard InChI is InChI=1S/C64H114O8/c1-4-7-10-13-16-19-22-25-28-31-34-37-40-43-46-49-52-70-62(67)58-56-60(64(69)72-54-51-48-45-42-39-36-33-30-27-24-21-18-15-12-9-6-3)59(55-57(58)61(65)66)63(68)71-53-50-47-44-41-38-35-32-29-26-23-20-17-14-11-8-5-2/h55-56H,4-54H2,1-3H3,(H,65,66)/p-1. The number of ether oxygens (including phenoxy) is 3. The van der Waals surface area contributed by atoms with E-state index in [-0.39, 0.29) is 36.5 Å². The summed E-state index contributed by atoms with van der Waals surface area (Å²) in [6.45, 7) is 7.23. The fourth-order valence-corrected chi connectivity index (χ4v) is 9.95. The van der Waals surface area contributed by atoms with Crippen LogP contribution in [-0.4, -0.2) is 43.7 Å². The van der Waals surface area contributed by atoms with Crippen LogP contribution in [0.4, 0.5) is 0 Å². The van der Waals surface area contributed by atoms with Crippen molar-refractivity contribution >= 4 is 23.9 Å². The zero-order chi connectivity index (χ0) is 52.2. The highest BCUT2D eigenvalue weighted by atomic mass is 16.5. The predicted octanol–water partition coefficient (Wildman–Crippen LogP) is 19.3. The van der Waals surface area contributed by atoms with Crippen molar-refractivity contribution in [3.8, 4) is 0 Å². The number of aromatic carboxylic acids is 1. The van der Waals surface area contributed by atoms with Gasteiger partial charge >= 0.3 is 17.9 Å². The van der Waals surface area contributed by atoms with Crippen LogP contribution in [0.15, 0.2) is 12.1 Å². The van der Waals surface area contributed by atoms with E-state index < -0.39 is 29.4 Å². The molecule has 1 aromatic rings. The number of hydrogen-bond donors (Lipinski definition) is 0. The Bertz CT molecular complexity index is 1420. The fraction of sp³-hybridized carbons (Fsp3) is 0.844. The molecule has 0 saturated heterocycles. The average Bonchev–Trinajstić information content (AvgIpc) is 3.38. The van der Waals surface area contributed by atoms with Gasteiger partial charge in [-0.3, -0.25) is 0 Å². The number of carboxylic acid groups (broad SMARTS) is 1. The Morgan fingerprint density at radius 2 is 0.417 bits per heavy atom. The Morgan fingerprint density at radius 1 is 0.264 bits per heavy atom. The van der Waals surface area contributed by atoms with Crippen molar-refractivity contribution in [2.45, 2.75) is 329 Å². The second-order valence-electron chi connectivity index (χ2n) is 21.5. The molecule has 0 bridgehead atoms. The summed E-state index contributed by atoms with van der Waals surface area (Å²) in [5.41, 5.74) is -1.26. The molecule has 0 aromatic heterocycles. The van der Waals surface area contributed by atoms with Crippen LogP contribution < -0.4 is 5.11 Å². The van der Waals surface area contributed by atoms with E-state index in [1.165, 1.54) is 231 Å². The van der Waals surface area contributed by atoms with Gasteiger partial charge in [-0.05, 0) is 31.4 Å². The Balaban J connectivity index is 2.60. The average molecular weight is 1010 g/mol. The molecule has 0 heterocycles. The molecule has 1 aromatic carbocycles. The number of carbonyl (C=O) groups is 4. The second-order valence-corrected chi connectivity index (χ2v) is 21.5. The zero-order valence-electron chi connectivity index (χ0n) is 47.5.